The van der Waals surface area contributed by atoms with Gasteiger partial charge in [-0.1, -0.05) is 13.0 Å². The zero-order valence-electron chi connectivity index (χ0n) is 15.3. The lowest BCUT2D eigenvalue weighted by atomic mass is 10.2. The molecule has 2 aromatic rings. The minimum Gasteiger partial charge on any atom is -0.482 e. The fraction of sp³-hybridized carbons (Fsp3) is 0.400. The van der Waals surface area contributed by atoms with E-state index in [4.69, 9.17) is 14.2 Å². The number of aryl methyl sites for hydroxylation is 1. The molecule has 0 saturated heterocycles. The molecule has 1 unspecified atom stereocenters. The molecule has 0 radical (unpaired) electrons. The van der Waals surface area contributed by atoms with Gasteiger partial charge in [0.1, 0.15) is 16.1 Å². The summed E-state index contributed by atoms with van der Waals surface area (Å²) in [5.41, 5.74) is 1.62. The van der Waals surface area contributed by atoms with E-state index in [2.05, 4.69) is 20.9 Å². The van der Waals surface area contributed by atoms with Crippen molar-refractivity contribution >= 4 is 21.9 Å². The molecule has 140 valence electrons. The molecule has 6 heteroatoms. The first kappa shape index (κ1) is 20.4. The molecule has 26 heavy (non-hydrogen) atoms. The molecular weight excluding hydrogens is 398 g/mol. The van der Waals surface area contributed by atoms with E-state index >= 15 is 0 Å². The first-order valence-corrected chi connectivity index (χ1v) is 9.51. The van der Waals surface area contributed by atoms with Gasteiger partial charge in [-0.25, -0.2) is 4.98 Å². The van der Waals surface area contributed by atoms with E-state index in [0.717, 1.165) is 22.3 Å². The Bertz CT molecular complexity index is 736. The van der Waals surface area contributed by atoms with Gasteiger partial charge in [-0.2, -0.15) is 0 Å². The van der Waals surface area contributed by atoms with Crippen LogP contribution < -0.4 is 9.47 Å². The zero-order chi connectivity index (χ0) is 18.9. The molecule has 0 spiro atoms. The summed E-state index contributed by atoms with van der Waals surface area (Å²) in [6.07, 6.45) is 0.834. The Morgan fingerprint density at radius 3 is 2.69 bits per heavy atom. The SMILES string of the molecule is CCCC(=O)Oc1ccc(OC(COCC)c2cccc(Br)n2)cc1C. The molecule has 5 nitrogen and oxygen atoms in total. The highest BCUT2D eigenvalue weighted by Crippen LogP contribution is 2.28. The number of carbonyl (C=O) groups is 1. The van der Waals surface area contributed by atoms with Gasteiger partial charge in [0.15, 0.2) is 6.10 Å². The van der Waals surface area contributed by atoms with E-state index in [-0.39, 0.29) is 12.1 Å². The monoisotopic (exact) mass is 421 g/mol. The van der Waals surface area contributed by atoms with Gasteiger partial charge in [-0.15, -0.1) is 0 Å². The number of pyridine rings is 1. The van der Waals surface area contributed by atoms with E-state index in [0.29, 0.717) is 31.1 Å². The lowest BCUT2D eigenvalue weighted by molar-refractivity contribution is -0.134. The van der Waals surface area contributed by atoms with Crippen LogP contribution in [0.15, 0.2) is 41.0 Å². The van der Waals surface area contributed by atoms with Gasteiger partial charge in [0.25, 0.3) is 0 Å². The first-order chi connectivity index (χ1) is 12.5. The van der Waals surface area contributed by atoms with Gasteiger partial charge < -0.3 is 14.2 Å². The topological polar surface area (TPSA) is 57.7 Å². The molecule has 0 aliphatic heterocycles. The highest BCUT2D eigenvalue weighted by atomic mass is 79.9. The van der Waals surface area contributed by atoms with E-state index in [1.807, 2.05) is 45.0 Å². The van der Waals surface area contributed by atoms with Crippen LogP contribution >= 0.6 is 15.9 Å². The van der Waals surface area contributed by atoms with Gasteiger partial charge in [0.2, 0.25) is 0 Å². The highest BCUT2D eigenvalue weighted by Gasteiger charge is 2.17. The average Bonchev–Trinajstić information content (AvgIpc) is 2.61. The number of carbonyl (C=O) groups excluding carboxylic acids is 1. The molecule has 2 rings (SSSR count). The van der Waals surface area contributed by atoms with Crippen molar-refractivity contribution in [3.05, 3.63) is 52.3 Å². The number of benzene rings is 1. The van der Waals surface area contributed by atoms with Crippen molar-refractivity contribution in [3.8, 4) is 11.5 Å². The molecule has 1 aromatic carbocycles. The lowest BCUT2D eigenvalue weighted by Crippen LogP contribution is -2.16. The van der Waals surface area contributed by atoms with Crippen LogP contribution in [0.1, 0.15) is 44.1 Å². The van der Waals surface area contributed by atoms with Crippen LogP contribution in [0.3, 0.4) is 0 Å². The predicted octanol–water partition coefficient (Wildman–Crippen LogP) is 5.01. The molecule has 0 saturated carbocycles. The number of aromatic nitrogens is 1. The van der Waals surface area contributed by atoms with Crippen molar-refractivity contribution in [2.24, 2.45) is 0 Å². The van der Waals surface area contributed by atoms with Crippen LogP contribution in [-0.2, 0) is 9.53 Å². The maximum Gasteiger partial charge on any atom is 0.311 e. The molecular formula is C20H24BrNO4. The van der Waals surface area contributed by atoms with Crippen LogP contribution in [0.4, 0.5) is 0 Å². The molecule has 0 N–H and O–H groups in total. The lowest BCUT2D eigenvalue weighted by Gasteiger charge is -2.19. The number of halogens is 1. The smallest absolute Gasteiger partial charge is 0.311 e. The van der Waals surface area contributed by atoms with Gasteiger partial charge in [-0.3, -0.25) is 4.79 Å². The summed E-state index contributed by atoms with van der Waals surface area (Å²) in [4.78, 5) is 16.1. The summed E-state index contributed by atoms with van der Waals surface area (Å²) < 4.78 is 17.8. The Labute approximate surface area is 162 Å². The number of hydrogen-bond acceptors (Lipinski definition) is 5. The van der Waals surface area contributed by atoms with Crippen LogP contribution in [0.25, 0.3) is 0 Å². The predicted molar refractivity (Wildman–Crippen MR) is 104 cm³/mol. The first-order valence-electron chi connectivity index (χ1n) is 8.71. The van der Waals surface area contributed by atoms with Crippen molar-refractivity contribution in [2.75, 3.05) is 13.2 Å². The number of nitrogens with zero attached hydrogens (tertiary/aromatic N) is 1. The minimum atomic E-state index is -0.333. The second-order valence-corrected chi connectivity index (χ2v) is 6.61. The number of ether oxygens (including phenoxy) is 3. The van der Waals surface area contributed by atoms with Crippen molar-refractivity contribution in [1.82, 2.24) is 4.98 Å². The maximum absolute atomic E-state index is 11.7. The van der Waals surface area contributed by atoms with E-state index in [9.17, 15) is 4.79 Å². The summed E-state index contributed by atoms with van der Waals surface area (Å²) in [5.74, 6) is 0.999. The minimum absolute atomic E-state index is 0.225. The third kappa shape index (κ3) is 6.11. The number of hydrogen-bond donors (Lipinski definition) is 0. The highest BCUT2D eigenvalue weighted by molar-refractivity contribution is 9.10. The average molecular weight is 422 g/mol. The number of rotatable bonds is 9. The summed E-state index contributed by atoms with van der Waals surface area (Å²) in [5, 5.41) is 0. The van der Waals surface area contributed by atoms with E-state index in [1.165, 1.54) is 0 Å². The fourth-order valence-electron chi connectivity index (χ4n) is 2.36. The maximum atomic E-state index is 11.7. The van der Waals surface area contributed by atoms with Crippen LogP contribution in [0, 0.1) is 6.92 Å². The molecule has 0 aliphatic carbocycles. The Morgan fingerprint density at radius 1 is 1.23 bits per heavy atom. The standard InChI is InChI=1S/C20H24BrNO4/c1-4-7-20(23)26-17-11-10-15(12-14(17)3)25-18(13-24-5-2)16-8-6-9-19(21)22-16/h6,8-12,18H,4-5,7,13H2,1-3H3. The fourth-order valence-corrected chi connectivity index (χ4v) is 2.72. The van der Waals surface area contributed by atoms with Crippen LogP contribution in [-0.4, -0.2) is 24.2 Å². The molecule has 1 aromatic heterocycles. The second-order valence-electron chi connectivity index (χ2n) is 5.80. The van der Waals surface area contributed by atoms with E-state index in [1.54, 1.807) is 12.1 Å². The normalized spacial score (nSPS) is 11.8. The third-order valence-corrected chi connectivity index (χ3v) is 4.08. The van der Waals surface area contributed by atoms with Gasteiger partial charge >= 0.3 is 5.97 Å². The Morgan fingerprint density at radius 2 is 2.04 bits per heavy atom. The zero-order valence-corrected chi connectivity index (χ0v) is 16.9. The third-order valence-electron chi connectivity index (χ3n) is 3.64. The molecule has 0 fully saturated rings. The van der Waals surface area contributed by atoms with Crippen LogP contribution in [0.5, 0.6) is 11.5 Å². The summed E-state index contributed by atoms with van der Waals surface area (Å²) in [7, 11) is 0. The van der Waals surface area contributed by atoms with E-state index < -0.39 is 0 Å². The van der Waals surface area contributed by atoms with Crippen molar-refractivity contribution in [3.63, 3.8) is 0 Å². The molecule has 0 amide bonds. The number of esters is 1. The van der Waals surface area contributed by atoms with Crippen molar-refractivity contribution in [1.29, 1.82) is 0 Å². The summed E-state index contributed by atoms with van der Waals surface area (Å²) >= 11 is 3.38. The summed E-state index contributed by atoms with van der Waals surface area (Å²) in [6, 6.07) is 11.1. The Balaban J connectivity index is 2.14. The Kier molecular flexibility index (Phi) is 8.06. The van der Waals surface area contributed by atoms with Crippen molar-refractivity contribution in [2.45, 2.75) is 39.7 Å². The van der Waals surface area contributed by atoms with Crippen molar-refractivity contribution < 1.29 is 19.0 Å². The molecule has 1 heterocycles. The van der Waals surface area contributed by atoms with Gasteiger partial charge in [0.05, 0.1) is 12.3 Å². The molecule has 0 bridgehead atoms. The quantitative estimate of drug-likeness (QED) is 0.323. The molecule has 0 aliphatic rings. The Hall–Kier alpha value is -1.92. The largest absolute Gasteiger partial charge is 0.482 e. The van der Waals surface area contributed by atoms with Crippen LogP contribution in [0.2, 0.25) is 0 Å². The molecule has 1 atom stereocenters. The van der Waals surface area contributed by atoms with Gasteiger partial charge in [-0.05, 0) is 72.1 Å². The summed E-state index contributed by atoms with van der Waals surface area (Å²) in [6.45, 7) is 6.76. The second kappa shape index (κ2) is 10.3. The van der Waals surface area contributed by atoms with Gasteiger partial charge in [0, 0.05) is 13.0 Å².